The van der Waals surface area contributed by atoms with Gasteiger partial charge in [0.1, 0.15) is 0 Å². The van der Waals surface area contributed by atoms with Crippen molar-refractivity contribution < 1.29 is 0 Å². The minimum absolute atomic E-state index is 0.413. The summed E-state index contributed by atoms with van der Waals surface area (Å²) in [7, 11) is 0. The second kappa shape index (κ2) is 3.15. The molecule has 1 rings (SSSR count). The topological polar surface area (TPSA) is 51.8 Å². The Kier molecular flexibility index (Phi) is 2.42. The highest BCUT2D eigenvalue weighted by Crippen LogP contribution is 2.16. The average Bonchev–Trinajstić information content (AvgIpc) is 1.99. The van der Waals surface area contributed by atoms with Crippen molar-refractivity contribution in [3.8, 4) is 0 Å². The average molecular weight is 172 g/mol. The zero-order valence-electron chi connectivity index (χ0n) is 6.56. The summed E-state index contributed by atoms with van der Waals surface area (Å²) in [6.07, 6.45) is 0. The van der Waals surface area contributed by atoms with Crippen molar-refractivity contribution in [2.45, 2.75) is 20.4 Å². The summed E-state index contributed by atoms with van der Waals surface area (Å²) >= 11 is 5.75. The fourth-order valence-corrected chi connectivity index (χ4v) is 1.12. The lowest BCUT2D eigenvalue weighted by atomic mass is 10.1. The lowest BCUT2D eigenvalue weighted by Crippen LogP contribution is -2.05. The Balaban J connectivity index is 3.29. The summed E-state index contributed by atoms with van der Waals surface area (Å²) in [6, 6.07) is 0. The molecule has 3 nitrogen and oxygen atoms in total. The van der Waals surface area contributed by atoms with Gasteiger partial charge in [-0.05, 0) is 19.4 Å². The van der Waals surface area contributed by atoms with Gasteiger partial charge in [0.25, 0.3) is 0 Å². The third-order valence-corrected chi connectivity index (χ3v) is 2.04. The zero-order valence-corrected chi connectivity index (χ0v) is 7.31. The molecule has 0 aliphatic heterocycles. The van der Waals surface area contributed by atoms with Gasteiger partial charge in [-0.1, -0.05) is 11.6 Å². The second-order valence-electron chi connectivity index (χ2n) is 2.38. The fourth-order valence-electron chi connectivity index (χ4n) is 0.865. The molecular formula is C7H10ClN3. The molecule has 0 aliphatic rings. The number of nitrogens with zero attached hydrogens (tertiary/aromatic N) is 2. The quantitative estimate of drug-likeness (QED) is 0.691. The van der Waals surface area contributed by atoms with Crippen molar-refractivity contribution in [1.82, 2.24) is 10.2 Å². The normalized spacial score (nSPS) is 10.2. The summed E-state index contributed by atoms with van der Waals surface area (Å²) in [6.45, 7) is 4.25. The molecule has 0 aromatic carbocycles. The van der Waals surface area contributed by atoms with E-state index in [2.05, 4.69) is 10.2 Å². The van der Waals surface area contributed by atoms with E-state index in [-0.39, 0.29) is 0 Å². The summed E-state index contributed by atoms with van der Waals surface area (Å²) < 4.78 is 0. The summed E-state index contributed by atoms with van der Waals surface area (Å²) in [4.78, 5) is 0. The summed E-state index contributed by atoms with van der Waals surface area (Å²) in [5, 5.41) is 8.01. The van der Waals surface area contributed by atoms with E-state index < -0.39 is 0 Å². The van der Waals surface area contributed by atoms with E-state index >= 15 is 0 Å². The Morgan fingerprint density at radius 1 is 1.36 bits per heavy atom. The van der Waals surface area contributed by atoms with Crippen LogP contribution in [0.2, 0.25) is 5.15 Å². The molecule has 0 amide bonds. The number of hydrogen-bond donors (Lipinski definition) is 1. The molecule has 0 atom stereocenters. The number of aryl methyl sites for hydroxylation is 1. The standard InChI is InChI=1S/C7H10ClN3/c1-4-5(2)10-11-7(8)6(4)3-9/h3,9H2,1-2H3. The van der Waals surface area contributed by atoms with Gasteiger partial charge in [-0.3, -0.25) is 0 Å². The first kappa shape index (κ1) is 8.43. The molecule has 0 radical (unpaired) electrons. The lowest BCUT2D eigenvalue weighted by Gasteiger charge is -2.05. The van der Waals surface area contributed by atoms with E-state index in [0.717, 1.165) is 16.8 Å². The maximum absolute atomic E-state index is 5.75. The summed E-state index contributed by atoms with van der Waals surface area (Å²) in [5.74, 6) is 0. The number of hydrogen-bond acceptors (Lipinski definition) is 3. The SMILES string of the molecule is Cc1nnc(Cl)c(CN)c1C. The first-order valence-electron chi connectivity index (χ1n) is 3.35. The van der Waals surface area contributed by atoms with Gasteiger partial charge >= 0.3 is 0 Å². The Morgan fingerprint density at radius 2 is 2.00 bits per heavy atom. The molecule has 60 valence electrons. The molecule has 0 fully saturated rings. The van der Waals surface area contributed by atoms with Crippen LogP contribution in [0.1, 0.15) is 16.8 Å². The van der Waals surface area contributed by atoms with Crippen molar-refractivity contribution in [1.29, 1.82) is 0 Å². The van der Waals surface area contributed by atoms with Gasteiger partial charge in [0.2, 0.25) is 0 Å². The zero-order chi connectivity index (χ0) is 8.43. The minimum Gasteiger partial charge on any atom is -0.326 e. The molecular weight excluding hydrogens is 162 g/mol. The van der Waals surface area contributed by atoms with Crippen molar-refractivity contribution in [3.63, 3.8) is 0 Å². The smallest absolute Gasteiger partial charge is 0.156 e. The van der Waals surface area contributed by atoms with Gasteiger partial charge in [-0.15, -0.1) is 5.10 Å². The van der Waals surface area contributed by atoms with E-state index in [4.69, 9.17) is 17.3 Å². The Bertz CT molecular complexity index is 273. The lowest BCUT2D eigenvalue weighted by molar-refractivity contribution is 0.909. The molecule has 1 aromatic rings. The molecule has 0 aliphatic carbocycles. The van der Waals surface area contributed by atoms with Crippen molar-refractivity contribution in [2.24, 2.45) is 5.73 Å². The number of halogens is 1. The number of nitrogens with two attached hydrogens (primary N) is 1. The van der Waals surface area contributed by atoms with Gasteiger partial charge in [-0.25, -0.2) is 0 Å². The van der Waals surface area contributed by atoms with Crippen molar-refractivity contribution >= 4 is 11.6 Å². The molecule has 0 unspecified atom stereocenters. The highest BCUT2D eigenvalue weighted by atomic mass is 35.5. The highest BCUT2D eigenvalue weighted by molar-refractivity contribution is 6.30. The van der Waals surface area contributed by atoms with Crippen molar-refractivity contribution in [2.75, 3.05) is 0 Å². The van der Waals surface area contributed by atoms with Gasteiger partial charge in [-0.2, -0.15) is 5.10 Å². The predicted molar refractivity (Wildman–Crippen MR) is 44.4 cm³/mol. The van der Waals surface area contributed by atoms with E-state index in [9.17, 15) is 0 Å². The summed E-state index contributed by atoms with van der Waals surface area (Å²) in [5.41, 5.74) is 8.28. The molecule has 0 bridgehead atoms. The van der Waals surface area contributed by atoms with Gasteiger partial charge in [0, 0.05) is 12.1 Å². The molecule has 0 saturated carbocycles. The third kappa shape index (κ3) is 1.49. The third-order valence-electron chi connectivity index (χ3n) is 1.74. The van der Waals surface area contributed by atoms with Crippen LogP contribution in [0.4, 0.5) is 0 Å². The van der Waals surface area contributed by atoms with E-state index in [0.29, 0.717) is 11.7 Å². The van der Waals surface area contributed by atoms with Gasteiger partial charge in [0.15, 0.2) is 5.15 Å². The van der Waals surface area contributed by atoms with Crippen LogP contribution < -0.4 is 5.73 Å². The molecule has 1 aromatic heterocycles. The van der Waals surface area contributed by atoms with Crippen LogP contribution in [-0.4, -0.2) is 10.2 Å². The Morgan fingerprint density at radius 3 is 2.45 bits per heavy atom. The molecule has 4 heteroatoms. The highest BCUT2D eigenvalue weighted by Gasteiger charge is 2.06. The first-order chi connectivity index (χ1) is 5.16. The largest absolute Gasteiger partial charge is 0.326 e. The molecule has 0 spiro atoms. The second-order valence-corrected chi connectivity index (χ2v) is 2.74. The maximum Gasteiger partial charge on any atom is 0.156 e. The fraction of sp³-hybridized carbons (Fsp3) is 0.429. The van der Waals surface area contributed by atoms with Crippen LogP contribution in [0.15, 0.2) is 0 Å². The van der Waals surface area contributed by atoms with E-state index in [1.165, 1.54) is 0 Å². The molecule has 2 N–H and O–H groups in total. The van der Waals surface area contributed by atoms with Crippen LogP contribution >= 0.6 is 11.6 Å². The van der Waals surface area contributed by atoms with Crippen LogP contribution in [0, 0.1) is 13.8 Å². The number of rotatable bonds is 1. The van der Waals surface area contributed by atoms with Gasteiger partial charge in [0.05, 0.1) is 5.69 Å². The van der Waals surface area contributed by atoms with E-state index in [1.54, 1.807) is 0 Å². The monoisotopic (exact) mass is 171 g/mol. The Labute approximate surface area is 70.6 Å². The molecule has 0 saturated heterocycles. The Hall–Kier alpha value is -0.670. The van der Waals surface area contributed by atoms with Gasteiger partial charge < -0.3 is 5.73 Å². The maximum atomic E-state index is 5.75. The molecule has 1 heterocycles. The molecule has 11 heavy (non-hydrogen) atoms. The number of aromatic nitrogens is 2. The predicted octanol–water partition coefficient (Wildman–Crippen LogP) is 1.21. The minimum atomic E-state index is 0.413. The van der Waals surface area contributed by atoms with E-state index in [1.807, 2.05) is 13.8 Å². The van der Waals surface area contributed by atoms with Crippen LogP contribution in [0.5, 0.6) is 0 Å². The van der Waals surface area contributed by atoms with Crippen LogP contribution in [0.25, 0.3) is 0 Å². The van der Waals surface area contributed by atoms with Crippen LogP contribution in [0.3, 0.4) is 0 Å². The first-order valence-corrected chi connectivity index (χ1v) is 3.73. The van der Waals surface area contributed by atoms with Crippen molar-refractivity contribution in [3.05, 3.63) is 22.0 Å². The van der Waals surface area contributed by atoms with Crippen LogP contribution in [-0.2, 0) is 6.54 Å².